The minimum absolute atomic E-state index is 0.742. The van der Waals surface area contributed by atoms with Crippen molar-refractivity contribution >= 4 is 28.3 Å². The fraction of sp³-hybridized carbons (Fsp3) is 0. The van der Waals surface area contributed by atoms with Crippen LogP contribution in [0.15, 0.2) is 72.8 Å². The van der Waals surface area contributed by atoms with Gasteiger partial charge in [0.25, 0.3) is 0 Å². The second-order valence-electron chi connectivity index (χ2n) is 4.68. The lowest BCUT2D eigenvalue weighted by atomic mass is 10.1. The Balaban J connectivity index is 1.81. The first-order chi connectivity index (χ1) is 10.2. The Labute approximate surface area is 137 Å². The molecule has 0 aliphatic rings. The van der Waals surface area contributed by atoms with Crippen LogP contribution >= 0.6 is 22.6 Å². The van der Waals surface area contributed by atoms with Crippen LogP contribution in [0.4, 0.5) is 5.69 Å². The van der Waals surface area contributed by atoms with Gasteiger partial charge in [-0.15, -0.1) is 0 Å². The molecule has 0 heterocycles. The maximum Gasteiger partial charge on any atom is 0.140 e. The fourth-order valence-electron chi connectivity index (χ4n) is 2.07. The maximum absolute atomic E-state index is 5.89. The molecule has 0 aliphatic heterocycles. The predicted molar refractivity (Wildman–Crippen MR) is 95.5 cm³/mol. The van der Waals surface area contributed by atoms with E-state index in [1.54, 1.807) is 0 Å². The minimum Gasteiger partial charge on any atom is -0.456 e. The van der Waals surface area contributed by atoms with E-state index in [4.69, 9.17) is 10.5 Å². The highest BCUT2D eigenvalue weighted by molar-refractivity contribution is 14.1. The molecule has 21 heavy (non-hydrogen) atoms. The lowest BCUT2D eigenvalue weighted by Crippen LogP contribution is -1.90. The van der Waals surface area contributed by atoms with Crippen LogP contribution in [0.1, 0.15) is 0 Å². The van der Waals surface area contributed by atoms with Gasteiger partial charge in [0.05, 0.1) is 3.57 Å². The van der Waals surface area contributed by atoms with Crippen LogP contribution < -0.4 is 10.5 Å². The van der Waals surface area contributed by atoms with Gasteiger partial charge in [0, 0.05) is 5.69 Å². The van der Waals surface area contributed by atoms with E-state index in [1.165, 1.54) is 11.1 Å². The van der Waals surface area contributed by atoms with Gasteiger partial charge in [0.1, 0.15) is 11.5 Å². The van der Waals surface area contributed by atoms with E-state index in [-0.39, 0.29) is 0 Å². The summed E-state index contributed by atoms with van der Waals surface area (Å²) in [6, 6.07) is 24.0. The molecule has 0 amide bonds. The van der Waals surface area contributed by atoms with E-state index in [2.05, 4.69) is 46.9 Å². The summed E-state index contributed by atoms with van der Waals surface area (Å²) in [5.41, 5.74) is 8.86. The third-order valence-electron chi connectivity index (χ3n) is 3.15. The van der Waals surface area contributed by atoms with Crippen molar-refractivity contribution in [3.63, 3.8) is 0 Å². The average molecular weight is 387 g/mol. The third-order valence-corrected chi connectivity index (χ3v) is 3.99. The van der Waals surface area contributed by atoms with E-state index in [0.717, 1.165) is 20.8 Å². The topological polar surface area (TPSA) is 35.2 Å². The van der Waals surface area contributed by atoms with Gasteiger partial charge >= 0.3 is 0 Å². The van der Waals surface area contributed by atoms with Crippen molar-refractivity contribution in [1.82, 2.24) is 0 Å². The molecular weight excluding hydrogens is 373 g/mol. The van der Waals surface area contributed by atoms with Crippen LogP contribution in [-0.4, -0.2) is 0 Å². The van der Waals surface area contributed by atoms with Crippen molar-refractivity contribution < 1.29 is 4.74 Å². The number of hydrogen-bond donors (Lipinski definition) is 1. The first-order valence-corrected chi connectivity index (χ1v) is 7.68. The third kappa shape index (κ3) is 3.36. The molecule has 104 valence electrons. The van der Waals surface area contributed by atoms with Gasteiger partial charge in [0.15, 0.2) is 0 Å². The normalized spacial score (nSPS) is 10.3. The van der Waals surface area contributed by atoms with Gasteiger partial charge in [-0.05, 0) is 64.0 Å². The average Bonchev–Trinajstić information content (AvgIpc) is 2.52. The molecule has 3 rings (SSSR count). The molecule has 0 spiro atoms. The highest BCUT2D eigenvalue weighted by Crippen LogP contribution is 2.29. The molecule has 2 nitrogen and oxygen atoms in total. The Kier molecular flexibility index (Phi) is 4.10. The van der Waals surface area contributed by atoms with Crippen molar-refractivity contribution in [3.8, 4) is 22.6 Å². The summed E-state index contributed by atoms with van der Waals surface area (Å²) < 4.78 is 6.89. The van der Waals surface area contributed by atoms with Crippen LogP contribution in [0.25, 0.3) is 11.1 Å². The minimum atomic E-state index is 0.742. The van der Waals surface area contributed by atoms with E-state index in [1.807, 2.05) is 48.5 Å². The molecule has 3 aromatic carbocycles. The Morgan fingerprint density at radius 2 is 1.43 bits per heavy atom. The van der Waals surface area contributed by atoms with Gasteiger partial charge < -0.3 is 10.5 Å². The number of nitrogen functional groups attached to an aromatic ring is 1. The quantitative estimate of drug-likeness (QED) is 0.487. The lowest BCUT2D eigenvalue weighted by Gasteiger charge is -2.09. The molecule has 0 radical (unpaired) electrons. The summed E-state index contributed by atoms with van der Waals surface area (Å²) in [6.07, 6.45) is 0. The number of halogens is 1. The highest BCUT2D eigenvalue weighted by Gasteiger charge is 2.04. The molecular formula is C18H14INO. The summed E-state index contributed by atoms with van der Waals surface area (Å²) in [4.78, 5) is 0. The van der Waals surface area contributed by atoms with Crippen LogP contribution in [0.2, 0.25) is 0 Å². The number of benzene rings is 3. The molecule has 0 atom stereocenters. The number of ether oxygens (including phenoxy) is 1. The number of nitrogens with two attached hydrogens (primary N) is 1. The van der Waals surface area contributed by atoms with Gasteiger partial charge in [-0.25, -0.2) is 0 Å². The lowest BCUT2D eigenvalue weighted by molar-refractivity contribution is 0.479. The van der Waals surface area contributed by atoms with E-state index >= 15 is 0 Å². The Hall–Kier alpha value is -2.01. The molecule has 0 saturated heterocycles. The van der Waals surface area contributed by atoms with Crippen LogP contribution in [0.5, 0.6) is 11.5 Å². The summed E-state index contributed by atoms with van der Waals surface area (Å²) in [7, 11) is 0. The van der Waals surface area contributed by atoms with Gasteiger partial charge in [-0.1, -0.05) is 42.5 Å². The molecule has 3 aromatic rings. The Morgan fingerprint density at radius 3 is 2.10 bits per heavy atom. The first kappa shape index (κ1) is 13.9. The zero-order chi connectivity index (χ0) is 14.7. The van der Waals surface area contributed by atoms with Crippen molar-refractivity contribution in [2.75, 3.05) is 5.73 Å². The van der Waals surface area contributed by atoms with E-state index in [0.29, 0.717) is 0 Å². The van der Waals surface area contributed by atoms with Crippen LogP contribution in [0, 0.1) is 3.57 Å². The predicted octanol–water partition coefficient (Wildman–Crippen LogP) is 5.33. The summed E-state index contributed by atoms with van der Waals surface area (Å²) in [5.74, 6) is 1.63. The zero-order valence-electron chi connectivity index (χ0n) is 11.3. The monoisotopic (exact) mass is 387 g/mol. The van der Waals surface area contributed by atoms with Crippen LogP contribution in [0.3, 0.4) is 0 Å². The highest BCUT2D eigenvalue weighted by atomic mass is 127. The summed E-state index contributed by atoms with van der Waals surface area (Å²) in [5, 5.41) is 0. The van der Waals surface area contributed by atoms with E-state index in [9.17, 15) is 0 Å². The summed E-state index contributed by atoms with van der Waals surface area (Å²) in [6.45, 7) is 0. The van der Waals surface area contributed by atoms with Gasteiger partial charge in [-0.3, -0.25) is 0 Å². The van der Waals surface area contributed by atoms with Gasteiger partial charge in [0.2, 0.25) is 0 Å². The molecule has 0 saturated carbocycles. The summed E-state index contributed by atoms with van der Waals surface area (Å²) >= 11 is 2.22. The molecule has 0 fully saturated rings. The second kappa shape index (κ2) is 6.18. The molecule has 0 aromatic heterocycles. The number of anilines is 1. The molecule has 2 N–H and O–H groups in total. The maximum atomic E-state index is 5.89. The van der Waals surface area contributed by atoms with Crippen LogP contribution in [-0.2, 0) is 0 Å². The van der Waals surface area contributed by atoms with Crippen molar-refractivity contribution in [2.24, 2.45) is 0 Å². The van der Waals surface area contributed by atoms with Crippen molar-refractivity contribution in [3.05, 3.63) is 76.4 Å². The molecule has 0 aliphatic carbocycles. The Bertz CT molecular complexity index is 739. The second-order valence-corrected chi connectivity index (χ2v) is 5.84. The number of rotatable bonds is 3. The van der Waals surface area contributed by atoms with Crippen molar-refractivity contribution in [2.45, 2.75) is 0 Å². The molecule has 0 unspecified atom stereocenters. The smallest absolute Gasteiger partial charge is 0.140 e. The zero-order valence-corrected chi connectivity index (χ0v) is 13.4. The Morgan fingerprint density at radius 1 is 0.762 bits per heavy atom. The SMILES string of the molecule is Nc1ccc(Oc2ccc(-c3ccccc3)cc2)c(I)c1. The fourth-order valence-corrected chi connectivity index (χ4v) is 2.72. The van der Waals surface area contributed by atoms with Crippen molar-refractivity contribution in [1.29, 1.82) is 0 Å². The molecule has 3 heteroatoms. The standard InChI is InChI=1S/C18H14INO/c19-17-12-15(20)8-11-18(17)21-16-9-6-14(7-10-16)13-4-2-1-3-5-13/h1-12H,20H2. The number of hydrogen-bond acceptors (Lipinski definition) is 2. The van der Waals surface area contributed by atoms with E-state index < -0.39 is 0 Å². The first-order valence-electron chi connectivity index (χ1n) is 6.61. The molecule has 0 bridgehead atoms. The van der Waals surface area contributed by atoms with Gasteiger partial charge in [-0.2, -0.15) is 0 Å². The largest absolute Gasteiger partial charge is 0.456 e.